The lowest BCUT2D eigenvalue weighted by Gasteiger charge is -2.23. The number of hydrogen-bond acceptors (Lipinski definition) is 4. The summed E-state index contributed by atoms with van der Waals surface area (Å²) < 4.78 is 11.5. The molecule has 2 atom stereocenters. The van der Waals surface area contributed by atoms with Crippen LogP contribution < -0.4 is 14.8 Å². The van der Waals surface area contributed by atoms with Crippen LogP contribution in [0.2, 0.25) is 0 Å². The minimum absolute atomic E-state index is 0.148. The maximum atomic E-state index is 12.0. The Hall–Kier alpha value is -1.75. The molecule has 1 aliphatic heterocycles. The van der Waals surface area contributed by atoms with E-state index in [1.165, 1.54) is 0 Å². The molecule has 0 fully saturated rings. The Labute approximate surface area is 151 Å². The van der Waals surface area contributed by atoms with Crippen molar-refractivity contribution in [3.05, 3.63) is 23.8 Å². The SMILES string of the molecule is CCC(C)CC(=O)NCCN1Cc2cc(OC)ccc2OC(CC)C1. The fourth-order valence-corrected chi connectivity index (χ4v) is 3.00. The Kier molecular flexibility index (Phi) is 7.56. The normalized spacial score (nSPS) is 18.6. The summed E-state index contributed by atoms with van der Waals surface area (Å²) in [6.07, 6.45) is 2.78. The molecule has 0 radical (unpaired) electrons. The number of nitrogens with one attached hydrogen (secondary N) is 1. The van der Waals surface area contributed by atoms with Crippen LogP contribution in [0.1, 0.15) is 45.6 Å². The average molecular weight is 348 g/mol. The van der Waals surface area contributed by atoms with Gasteiger partial charge in [0.05, 0.1) is 7.11 Å². The predicted molar refractivity (Wildman–Crippen MR) is 100 cm³/mol. The molecule has 2 unspecified atom stereocenters. The van der Waals surface area contributed by atoms with Crippen molar-refractivity contribution in [1.82, 2.24) is 10.2 Å². The zero-order valence-corrected chi connectivity index (χ0v) is 16.0. The van der Waals surface area contributed by atoms with Gasteiger partial charge in [-0.3, -0.25) is 9.69 Å². The summed E-state index contributed by atoms with van der Waals surface area (Å²) in [6, 6.07) is 5.98. The molecule has 1 aromatic carbocycles. The summed E-state index contributed by atoms with van der Waals surface area (Å²) >= 11 is 0. The fraction of sp³-hybridized carbons (Fsp3) is 0.650. The number of hydrogen-bond donors (Lipinski definition) is 1. The van der Waals surface area contributed by atoms with Gasteiger partial charge < -0.3 is 14.8 Å². The van der Waals surface area contributed by atoms with E-state index in [1.807, 2.05) is 18.2 Å². The molecule has 25 heavy (non-hydrogen) atoms. The Morgan fingerprint density at radius 3 is 2.92 bits per heavy atom. The van der Waals surface area contributed by atoms with Crippen LogP contribution in [0.4, 0.5) is 0 Å². The van der Waals surface area contributed by atoms with Crippen LogP contribution in [0.25, 0.3) is 0 Å². The monoisotopic (exact) mass is 348 g/mol. The number of amides is 1. The number of benzene rings is 1. The number of fused-ring (bicyclic) bond motifs is 1. The van der Waals surface area contributed by atoms with E-state index in [9.17, 15) is 4.79 Å². The molecule has 5 heteroatoms. The number of ether oxygens (including phenoxy) is 2. The quantitative estimate of drug-likeness (QED) is 0.784. The second-order valence-electron chi connectivity index (χ2n) is 6.92. The smallest absolute Gasteiger partial charge is 0.220 e. The average Bonchev–Trinajstić information content (AvgIpc) is 2.79. The van der Waals surface area contributed by atoms with E-state index in [4.69, 9.17) is 9.47 Å². The first-order valence-corrected chi connectivity index (χ1v) is 9.38. The maximum Gasteiger partial charge on any atom is 0.220 e. The molecular formula is C20H32N2O3. The van der Waals surface area contributed by atoms with Gasteiger partial charge in [-0.15, -0.1) is 0 Å². The lowest BCUT2D eigenvalue weighted by Crippen LogP contribution is -2.38. The zero-order valence-electron chi connectivity index (χ0n) is 16.0. The van der Waals surface area contributed by atoms with Crippen LogP contribution in [0.15, 0.2) is 18.2 Å². The van der Waals surface area contributed by atoms with E-state index < -0.39 is 0 Å². The van der Waals surface area contributed by atoms with E-state index >= 15 is 0 Å². The second kappa shape index (κ2) is 9.66. The molecule has 0 aromatic heterocycles. The van der Waals surface area contributed by atoms with E-state index in [1.54, 1.807) is 7.11 Å². The molecule has 5 nitrogen and oxygen atoms in total. The first-order valence-electron chi connectivity index (χ1n) is 9.38. The first kappa shape index (κ1) is 19.6. The van der Waals surface area contributed by atoms with Crippen LogP contribution >= 0.6 is 0 Å². The maximum absolute atomic E-state index is 12.0. The van der Waals surface area contributed by atoms with Gasteiger partial charge in [0.2, 0.25) is 5.91 Å². The summed E-state index contributed by atoms with van der Waals surface area (Å²) in [4.78, 5) is 14.3. The van der Waals surface area contributed by atoms with Gasteiger partial charge in [0, 0.05) is 38.2 Å². The molecular weight excluding hydrogens is 316 g/mol. The van der Waals surface area contributed by atoms with Gasteiger partial charge >= 0.3 is 0 Å². The molecule has 1 N–H and O–H groups in total. The Morgan fingerprint density at radius 2 is 2.24 bits per heavy atom. The third-order valence-electron chi connectivity index (χ3n) is 4.85. The standard InChI is InChI=1S/C20H32N2O3/c1-5-15(3)11-20(23)21-9-10-22-13-16-12-18(24-4)7-8-19(16)25-17(6-2)14-22/h7-8,12,15,17H,5-6,9-11,13-14H2,1-4H3,(H,21,23). The minimum atomic E-state index is 0.148. The summed E-state index contributed by atoms with van der Waals surface area (Å²) in [5.41, 5.74) is 1.14. The van der Waals surface area contributed by atoms with Crippen LogP contribution in [0.3, 0.4) is 0 Å². The third kappa shape index (κ3) is 5.92. The van der Waals surface area contributed by atoms with Crippen molar-refractivity contribution in [1.29, 1.82) is 0 Å². The highest BCUT2D eigenvalue weighted by Crippen LogP contribution is 2.29. The van der Waals surface area contributed by atoms with E-state index in [0.717, 1.165) is 49.5 Å². The molecule has 1 aromatic rings. The van der Waals surface area contributed by atoms with E-state index in [-0.39, 0.29) is 12.0 Å². The Bertz CT molecular complexity index is 562. The van der Waals surface area contributed by atoms with E-state index in [2.05, 4.69) is 31.0 Å². The highest BCUT2D eigenvalue weighted by Gasteiger charge is 2.22. The summed E-state index contributed by atoms with van der Waals surface area (Å²) in [7, 11) is 1.68. The summed E-state index contributed by atoms with van der Waals surface area (Å²) in [6.45, 7) is 9.55. The van der Waals surface area contributed by atoms with Gasteiger partial charge in [-0.1, -0.05) is 27.2 Å². The van der Waals surface area contributed by atoms with Crippen molar-refractivity contribution in [2.75, 3.05) is 26.7 Å². The Morgan fingerprint density at radius 1 is 1.44 bits per heavy atom. The minimum Gasteiger partial charge on any atom is -0.497 e. The molecule has 0 saturated heterocycles. The summed E-state index contributed by atoms with van der Waals surface area (Å²) in [5, 5.41) is 3.05. The lowest BCUT2D eigenvalue weighted by atomic mass is 10.1. The molecule has 2 rings (SSSR count). The van der Waals surface area contributed by atoms with Gasteiger partial charge in [-0.25, -0.2) is 0 Å². The highest BCUT2D eigenvalue weighted by molar-refractivity contribution is 5.76. The van der Waals surface area contributed by atoms with Crippen LogP contribution in [0, 0.1) is 5.92 Å². The van der Waals surface area contributed by atoms with Crippen molar-refractivity contribution in [3.8, 4) is 11.5 Å². The zero-order chi connectivity index (χ0) is 18.2. The molecule has 0 aliphatic carbocycles. The first-order chi connectivity index (χ1) is 12.0. The largest absolute Gasteiger partial charge is 0.497 e. The molecule has 1 aliphatic rings. The van der Waals surface area contributed by atoms with E-state index in [0.29, 0.717) is 18.9 Å². The van der Waals surface area contributed by atoms with Gasteiger partial charge in [-0.05, 0) is 30.5 Å². The van der Waals surface area contributed by atoms with Crippen molar-refractivity contribution in [2.24, 2.45) is 5.92 Å². The van der Waals surface area contributed by atoms with Crippen molar-refractivity contribution in [2.45, 2.75) is 52.7 Å². The molecule has 140 valence electrons. The lowest BCUT2D eigenvalue weighted by molar-refractivity contribution is -0.121. The molecule has 0 saturated carbocycles. The number of methoxy groups -OCH3 is 1. The molecule has 0 bridgehead atoms. The van der Waals surface area contributed by atoms with Crippen LogP contribution in [-0.4, -0.2) is 43.7 Å². The van der Waals surface area contributed by atoms with Crippen molar-refractivity contribution < 1.29 is 14.3 Å². The number of carbonyl (C=O) groups excluding carboxylic acids is 1. The van der Waals surface area contributed by atoms with Crippen LogP contribution in [0.5, 0.6) is 11.5 Å². The Balaban J connectivity index is 1.94. The molecule has 1 heterocycles. The summed E-state index contributed by atoms with van der Waals surface area (Å²) in [5.74, 6) is 2.37. The fourth-order valence-electron chi connectivity index (χ4n) is 3.00. The number of carbonyl (C=O) groups is 1. The van der Waals surface area contributed by atoms with Crippen molar-refractivity contribution in [3.63, 3.8) is 0 Å². The topological polar surface area (TPSA) is 50.8 Å². The van der Waals surface area contributed by atoms with Gasteiger partial charge in [0.15, 0.2) is 0 Å². The molecule has 0 spiro atoms. The number of rotatable bonds is 8. The van der Waals surface area contributed by atoms with Gasteiger partial charge in [-0.2, -0.15) is 0 Å². The van der Waals surface area contributed by atoms with Gasteiger partial charge in [0.1, 0.15) is 17.6 Å². The van der Waals surface area contributed by atoms with Crippen LogP contribution in [-0.2, 0) is 11.3 Å². The third-order valence-corrected chi connectivity index (χ3v) is 4.85. The second-order valence-corrected chi connectivity index (χ2v) is 6.92. The predicted octanol–water partition coefficient (Wildman–Crippen LogP) is 3.22. The number of nitrogens with zero attached hydrogens (tertiary/aromatic N) is 1. The molecule has 1 amide bonds. The van der Waals surface area contributed by atoms with Crippen molar-refractivity contribution >= 4 is 5.91 Å². The highest BCUT2D eigenvalue weighted by atomic mass is 16.5. The van der Waals surface area contributed by atoms with Gasteiger partial charge in [0.25, 0.3) is 0 Å².